The van der Waals surface area contributed by atoms with Gasteiger partial charge in [0.15, 0.2) is 0 Å². The van der Waals surface area contributed by atoms with Gasteiger partial charge in [-0.05, 0) is 24.3 Å². The number of aliphatic hydroxyl groups excluding tert-OH is 1. The molecule has 0 aliphatic heterocycles. The minimum absolute atomic E-state index is 0.0485. The predicted molar refractivity (Wildman–Crippen MR) is 73.6 cm³/mol. The Bertz CT molecular complexity index is 379. The molecule has 0 fully saturated rings. The van der Waals surface area contributed by atoms with Gasteiger partial charge in [0.25, 0.3) is 5.92 Å². The van der Waals surface area contributed by atoms with Crippen LogP contribution < -0.4 is 5.32 Å². The van der Waals surface area contributed by atoms with E-state index in [4.69, 9.17) is 5.11 Å². The van der Waals surface area contributed by atoms with Crippen LogP contribution in [0.5, 0.6) is 0 Å². The summed E-state index contributed by atoms with van der Waals surface area (Å²) in [6, 6.07) is 9.98. The second kappa shape index (κ2) is 6.44. The molecule has 2 nitrogen and oxygen atoms in total. The minimum Gasteiger partial charge on any atom is -0.390 e. The van der Waals surface area contributed by atoms with Crippen molar-refractivity contribution < 1.29 is 13.9 Å². The summed E-state index contributed by atoms with van der Waals surface area (Å²) in [6.07, 6.45) is 0.749. The summed E-state index contributed by atoms with van der Waals surface area (Å²) < 4.78 is 25.9. The van der Waals surface area contributed by atoms with Crippen molar-refractivity contribution in [2.45, 2.75) is 44.6 Å². The summed E-state index contributed by atoms with van der Waals surface area (Å²) in [4.78, 5) is 0. The predicted octanol–water partition coefficient (Wildman–Crippen LogP) is 2.96. The van der Waals surface area contributed by atoms with E-state index in [9.17, 15) is 8.78 Å². The average Bonchev–Trinajstić information content (AvgIpc) is 2.37. The number of hydrogen-bond donors (Lipinski definition) is 2. The van der Waals surface area contributed by atoms with E-state index in [0.717, 1.165) is 6.42 Å². The van der Waals surface area contributed by atoms with Gasteiger partial charge in [-0.25, -0.2) is 8.78 Å². The molecule has 19 heavy (non-hydrogen) atoms. The first-order valence-corrected chi connectivity index (χ1v) is 6.54. The third kappa shape index (κ3) is 5.25. The highest BCUT2D eigenvalue weighted by Gasteiger charge is 2.29. The van der Waals surface area contributed by atoms with Crippen LogP contribution in [0.1, 0.15) is 32.8 Å². The number of alkyl halides is 2. The number of halogens is 2. The van der Waals surface area contributed by atoms with Crippen LogP contribution >= 0.6 is 0 Å². The molecule has 0 saturated carbocycles. The van der Waals surface area contributed by atoms with Crippen LogP contribution in [0.3, 0.4) is 0 Å². The Morgan fingerprint density at radius 3 is 2.32 bits per heavy atom. The molecule has 0 bridgehead atoms. The van der Waals surface area contributed by atoms with Crippen LogP contribution in [0, 0.1) is 0 Å². The fourth-order valence-corrected chi connectivity index (χ4v) is 2.22. The Kier molecular flexibility index (Phi) is 5.44. The molecule has 1 rings (SSSR count). The van der Waals surface area contributed by atoms with E-state index in [1.165, 1.54) is 5.56 Å². The van der Waals surface area contributed by atoms with Crippen molar-refractivity contribution in [3.63, 3.8) is 0 Å². The normalized spacial score (nSPS) is 14.4. The second-order valence-electron chi connectivity index (χ2n) is 5.75. The van der Waals surface area contributed by atoms with Crippen LogP contribution in [0.15, 0.2) is 30.3 Å². The average molecular weight is 271 g/mol. The summed E-state index contributed by atoms with van der Waals surface area (Å²) in [5.41, 5.74) is 1.11. The van der Waals surface area contributed by atoms with Gasteiger partial charge < -0.3 is 10.4 Å². The number of aliphatic hydroxyl groups is 1. The molecular formula is C15H23F2NO. The summed E-state index contributed by atoms with van der Waals surface area (Å²) in [7, 11) is 0. The molecule has 2 N–H and O–H groups in total. The van der Waals surface area contributed by atoms with Gasteiger partial charge in [-0.15, -0.1) is 0 Å². The first kappa shape index (κ1) is 16.1. The summed E-state index contributed by atoms with van der Waals surface area (Å²) in [6.45, 7) is 4.48. The quantitative estimate of drug-likeness (QED) is 0.799. The molecule has 0 spiro atoms. The molecule has 0 radical (unpaired) electrons. The molecular weight excluding hydrogens is 248 g/mol. The van der Waals surface area contributed by atoms with Gasteiger partial charge in [0.2, 0.25) is 0 Å². The third-order valence-electron chi connectivity index (χ3n) is 3.31. The Balaban J connectivity index is 2.54. The number of benzene rings is 1. The maximum absolute atomic E-state index is 13.0. The topological polar surface area (TPSA) is 32.3 Å². The van der Waals surface area contributed by atoms with Crippen molar-refractivity contribution in [1.82, 2.24) is 5.32 Å². The lowest BCUT2D eigenvalue weighted by molar-refractivity contribution is -0.0494. The van der Waals surface area contributed by atoms with Gasteiger partial charge in [0.1, 0.15) is 6.61 Å². The molecule has 0 saturated heterocycles. The second-order valence-corrected chi connectivity index (χ2v) is 5.75. The van der Waals surface area contributed by atoms with Gasteiger partial charge in [-0.2, -0.15) is 0 Å². The maximum atomic E-state index is 13.0. The Morgan fingerprint density at radius 2 is 1.79 bits per heavy atom. The van der Waals surface area contributed by atoms with E-state index in [1.807, 2.05) is 25.1 Å². The zero-order valence-corrected chi connectivity index (χ0v) is 11.8. The van der Waals surface area contributed by atoms with Crippen molar-refractivity contribution in [2.24, 2.45) is 0 Å². The van der Waals surface area contributed by atoms with Gasteiger partial charge in [-0.1, -0.05) is 44.2 Å². The molecule has 1 unspecified atom stereocenters. The monoisotopic (exact) mass is 271 g/mol. The maximum Gasteiger partial charge on any atom is 0.282 e. The Morgan fingerprint density at radius 1 is 1.21 bits per heavy atom. The molecule has 0 amide bonds. The van der Waals surface area contributed by atoms with Crippen molar-refractivity contribution in [2.75, 3.05) is 13.2 Å². The lowest BCUT2D eigenvalue weighted by atomic mass is 9.79. The van der Waals surface area contributed by atoms with Gasteiger partial charge in [0.05, 0.1) is 6.54 Å². The molecule has 0 aliphatic rings. The van der Waals surface area contributed by atoms with E-state index < -0.39 is 19.1 Å². The highest BCUT2D eigenvalue weighted by molar-refractivity contribution is 5.23. The molecule has 1 aromatic carbocycles. The van der Waals surface area contributed by atoms with E-state index >= 15 is 0 Å². The van der Waals surface area contributed by atoms with Crippen LogP contribution in [-0.2, 0) is 5.41 Å². The number of rotatable bonds is 7. The lowest BCUT2D eigenvalue weighted by Gasteiger charge is -2.30. The van der Waals surface area contributed by atoms with E-state index in [-0.39, 0.29) is 11.5 Å². The van der Waals surface area contributed by atoms with Crippen LogP contribution in [0.2, 0.25) is 0 Å². The zero-order chi connectivity index (χ0) is 14.5. The molecule has 1 aromatic rings. The largest absolute Gasteiger partial charge is 0.390 e. The van der Waals surface area contributed by atoms with Crippen LogP contribution in [0.25, 0.3) is 0 Å². The molecule has 0 aromatic heterocycles. The minimum atomic E-state index is -3.05. The lowest BCUT2D eigenvalue weighted by Crippen LogP contribution is -2.42. The summed E-state index contributed by atoms with van der Waals surface area (Å²) in [5.74, 6) is -3.05. The fraction of sp³-hybridized carbons (Fsp3) is 0.600. The SMILES string of the molecule is CC(CC(C)(C)c1ccccc1)NCC(F)(F)CO. The first-order valence-electron chi connectivity index (χ1n) is 6.54. The summed E-state index contributed by atoms with van der Waals surface area (Å²) in [5, 5.41) is 11.3. The third-order valence-corrected chi connectivity index (χ3v) is 3.31. The van der Waals surface area contributed by atoms with Crippen molar-refractivity contribution >= 4 is 0 Å². The fourth-order valence-electron chi connectivity index (χ4n) is 2.22. The zero-order valence-electron chi connectivity index (χ0n) is 11.8. The summed E-state index contributed by atoms with van der Waals surface area (Å²) >= 11 is 0. The van der Waals surface area contributed by atoms with Crippen LogP contribution in [-0.4, -0.2) is 30.2 Å². The van der Waals surface area contributed by atoms with Crippen molar-refractivity contribution in [3.05, 3.63) is 35.9 Å². The molecule has 108 valence electrons. The van der Waals surface area contributed by atoms with Crippen LogP contribution in [0.4, 0.5) is 8.78 Å². The highest BCUT2D eigenvalue weighted by Crippen LogP contribution is 2.28. The van der Waals surface area contributed by atoms with E-state index in [1.54, 1.807) is 0 Å². The number of hydrogen-bond acceptors (Lipinski definition) is 2. The first-order chi connectivity index (χ1) is 8.77. The standard InChI is InChI=1S/C15H23F2NO/c1-12(18-10-15(16,17)11-19)9-14(2,3)13-7-5-4-6-8-13/h4-8,12,18-19H,9-11H2,1-3H3. The molecule has 0 aliphatic carbocycles. The van der Waals surface area contributed by atoms with Crippen molar-refractivity contribution in [1.29, 1.82) is 0 Å². The smallest absolute Gasteiger partial charge is 0.282 e. The highest BCUT2D eigenvalue weighted by atomic mass is 19.3. The van der Waals surface area contributed by atoms with E-state index in [0.29, 0.717) is 0 Å². The van der Waals surface area contributed by atoms with E-state index in [2.05, 4.69) is 31.3 Å². The molecule has 1 atom stereocenters. The number of nitrogens with one attached hydrogen (secondary N) is 1. The Hall–Kier alpha value is -1.00. The van der Waals surface area contributed by atoms with Gasteiger partial charge in [-0.3, -0.25) is 0 Å². The van der Waals surface area contributed by atoms with Gasteiger partial charge >= 0.3 is 0 Å². The molecule has 0 heterocycles. The Labute approximate surface area is 113 Å². The molecule has 4 heteroatoms. The van der Waals surface area contributed by atoms with Gasteiger partial charge in [0, 0.05) is 6.04 Å². The van der Waals surface area contributed by atoms with Crippen molar-refractivity contribution in [3.8, 4) is 0 Å².